The number of aromatic nitrogens is 4. The van der Waals surface area contributed by atoms with Crippen LogP contribution in [0.15, 0.2) is 12.7 Å². The molecular formula is C24H34N7O4+. The molecule has 0 aliphatic carbocycles. The van der Waals surface area contributed by atoms with E-state index in [9.17, 15) is 15.0 Å². The van der Waals surface area contributed by atoms with Crippen molar-refractivity contribution in [2.45, 2.75) is 68.7 Å². The molecule has 35 heavy (non-hydrogen) atoms. The Hall–Kier alpha value is -2.18. The normalized spacial score (nSPS) is 42.2. The number of anilines is 1. The van der Waals surface area contributed by atoms with Crippen molar-refractivity contribution in [3.8, 4) is 0 Å². The molecule has 0 amide bonds. The molecule has 5 aliphatic rings. The monoisotopic (exact) mass is 484 g/mol. The predicted octanol–water partition coefficient (Wildman–Crippen LogP) is 0.0393. The molecule has 11 heteroatoms. The smallest absolute Gasteiger partial charge is 0.167 e. The van der Waals surface area contributed by atoms with E-state index in [0.717, 1.165) is 29.3 Å². The number of carbonyl (C=O) groups excluding carboxylic acids is 1. The largest absolute Gasteiger partial charge is 0.387 e. The van der Waals surface area contributed by atoms with Gasteiger partial charge in [-0.2, -0.15) is 0 Å². The molecule has 0 bridgehead atoms. The number of ether oxygens (including phenoxy) is 1. The molecule has 7 rings (SSSR count). The first kappa shape index (κ1) is 22.1. The molecule has 5 fully saturated rings. The van der Waals surface area contributed by atoms with E-state index in [1.165, 1.54) is 69.1 Å². The van der Waals surface area contributed by atoms with Gasteiger partial charge in [0.05, 0.1) is 26.0 Å². The van der Waals surface area contributed by atoms with Gasteiger partial charge in [0, 0.05) is 50.6 Å². The number of quaternary nitrogens is 1. The number of nitrogen functional groups attached to an aromatic ring is 1. The quantitative estimate of drug-likeness (QED) is 0.485. The molecule has 7 heterocycles. The predicted molar refractivity (Wildman–Crippen MR) is 125 cm³/mol. The number of hydrogen-bond acceptors (Lipinski definition) is 9. The topological polar surface area (TPSA) is 140 Å². The van der Waals surface area contributed by atoms with Gasteiger partial charge in [-0.3, -0.25) is 14.3 Å². The van der Waals surface area contributed by atoms with Gasteiger partial charge in [-0.15, -0.1) is 0 Å². The second-order valence-corrected chi connectivity index (χ2v) is 11.2. The van der Waals surface area contributed by atoms with Crippen LogP contribution >= 0.6 is 0 Å². The zero-order valence-electron chi connectivity index (χ0n) is 19.9. The molecule has 5 aliphatic heterocycles. The van der Waals surface area contributed by atoms with Crippen LogP contribution in [0.3, 0.4) is 0 Å². The Bertz CT molecular complexity index is 1140. The summed E-state index contributed by atoms with van der Waals surface area (Å²) in [5, 5.41) is 21.4. The minimum absolute atomic E-state index is 0.158. The molecule has 5 saturated heterocycles. The fourth-order valence-corrected chi connectivity index (χ4v) is 8.74. The van der Waals surface area contributed by atoms with Crippen molar-refractivity contribution in [1.29, 1.82) is 0 Å². The summed E-state index contributed by atoms with van der Waals surface area (Å²) in [5.74, 6) is 1.69. The average molecular weight is 485 g/mol. The summed E-state index contributed by atoms with van der Waals surface area (Å²) < 4.78 is 8.59. The highest BCUT2D eigenvalue weighted by molar-refractivity contribution is 5.84. The minimum atomic E-state index is -1.30. The van der Waals surface area contributed by atoms with E-state index in [2.05, 4.69) is 19.9 Å². The number of nitrogens with zero attached hydrogens (tertiary/aromatic N) is 6. The number of aliphatic hydroxyl groups is 2. The Balaban J connectivity index is 1.05. The number of nitrogens with two attached hydrogens (primary N) is 1. The second kappa shape index (κ2) is 7.66. The fourth-order valence-electron chi connectivity index (χ4n) is 8.74. The lowest BCUT2D eigenvalue weighted by Crippen LogP contribution is -2.64. The third kappa shape index (κ3) is 2.78. The van der Waals surface area contributed by atoms with Crippen LogP contribution in [0, 0.1) is 11.8 Å². The van der Waals surface area contributed by atoms with E-state index in [1.54, 1.807) is 0 Å². The minimum Gasteiger partial charge on any atom is -0.387 e. The standard InChI is InChI=1S/C24H34N7O4/c25-21-17-22(27-12-26-21)30(13-28-17)23-19(34)18(33)20(35-23)16(32)2-1-9-31-10-5-14-3-7-29-8-4-15(6-11-31)24(14,29)31/h12-15,18-20,23,33-34H,1-11H2,(H2,25,26,27)/q+1/t14-,15+,18-,19+,20+,23+,24?,31?/m0/s1. The van der Waals surface area contributed by atoms with Crippen LogP contribution in [0.2, 0.25) is 0 Å². The molecule has 11 nitrogen and oxygen atoms in total. The molecule has 2 aromatic heterocycles. The molecule has 188 valence electrons. The fraction of sp³-hybridized carbons (Fsp3) is 0.750. The molecule has 4 N–H and O–H groups in total. The van der Waals surface area contributed by atoms with E-state index < -0.39 is 24.5 Å². The van der Waals surface area contributed by atoms with Crippen molar-refractivity contribution in [3.05, 3.63) is 12.7 Å². The molecular weight excluding hydrogens is 450 g/mol. The van der Waals surface area contributed by atoms with Crippen LogP contribution in [0.5, 0.6) is 0 Å². The Morgan fingerprint density at radius 1 is 1.11 bits per heavy atom. The van der Waals surface area contributed by atoms with Gasteiger partial charge in [-0.25, -0.2) is 15.0 Å². The summed E-state index contributed by atoms with van der Waals surface area (Å²) in [4.78, 5) is 28.3. The third-order valence-electron chi connectivity index (χ3n) is 10.0. The van der Waals surface area contributed by atoms with E-state index >= 15 is 0 Å². The van der Waals surface area contributed by atoms with E-state index in [-0.39, 0.29) is 11.6 Å². The van der Waals surface area contributed by atoms with Gasteiger partial charge in [-0.05, 0) is 12.8 Å². The molecule has 0 aromatic carbocycles. The van der Waals surface area contributed by atoms with Crippen molar-refractivity contribution in [3.63, 3.8) is 0 Å². The summed E-state index contributed by atoms with van der Waals surface area (Å²) in [7, 11) is 0. The van der Waals surface area contributed by atoms with Crippen LogP contribution in [-0.4, -0.2) is 102 Å². The van der Waals surface area contributed by atoms with Crippen molar-refractivity contribution in [2.75, 3.05) is 38.5 Å². The third-order valence-corrected chi connectivity index (χ3v) is 10.0. The number of carbonyl (C=O) groups is 1. The Morgan fingerprint density at radius 3 is 2.60 bits per heavy atom. The van der Waals surface area contributed by atoms with Gasteiger partial charge in [0.2, 0.25) is 0 Å². The van der Waals surface area contributed by atoms with Gasteiger partial charge in [0.25, 0.3) is 0 Å². The lowest BCUT2D eigenvalue weighted by atomic mass is 9.84. The Kier molecular flexibility index (Phi) is 4.83. The number of Topliss-reactive ketones (excluding diaryl/α,β-unsaturated/α-hetero) is 1. The number of hydrogen-bond donors (Lipinski definition) is 3. The molecule has 2 aromatic rings. The lowest BCUT2D eigenvalue weighted by molar-refractivity contribution is -0.965. The zero-order valence-corrected chi connectivity index (χ0v) is 19.9. The van der Waals surface area contributed by atoms with Crippen molar-refractivity contribution in [1.82, 2.24) is 24.4 Å². The first-order valence-electron chi connectivity index (χ1n) is 13.0. The van der Waals surface area contributed by atoms with Crippen LogP contribution in [0.1, 0.15) is 44.8 Å². The van der Waals surface area contributed by atoms with Crippen molar-refractivity contribution < 1.29 is 24.2 Å². The maximum atomic E-state index is 13.2. The number of aliphatic hydroxyl groups excluding tert-OH is 2. The molecule has 0 radical (unpaired) electrons. The van der Waals surface area contributed by atoms with Crippen LogP contribution < -0.4 is 5.73 Å². The summed E-state index contributed by atoms with van der Waals surface area (Å²) in [6.45, 7) is 5.94. The van der Waals surface area contributed by atoms with Gasteiger partial charge < -0.3 is 25.2 Å². The zero-order chi connectivity index (χ0) is 23.9. The second-order valence-electron chi connectivity index (χ2n) is 11.2. The van der Waals surface area contributed by atoms with Gasteiger partial charge in [0.1, 0.15) is 30.2 Å². The van der Waals surface area contributed by atoms with E-state index in [1.807, 2.05) is 0 Å². The van der Waals surface area contributed by atoms with Gasteiger partial charge >= 0.3 is 0 Å². The first-order valence-corrected chi connectivity index (χ1v) is 13.0. The summed E-state index contributed by atoms with van der Waals surface area (Å²) >= 11 is 0. The number of fused-ring (bicyclic) bond motifs is 1. The van der Waals surface area contributed by atoms with E-state index in [0.29, 0.717) is 23.2 Å². The first-order chi connectivity index (χ1) is 17.0. The summed E-state index contributed by atoms with van der Waals surface area (Å²) in [6, 6.07) is 0. The maximum Gasteiger partial charge on any atom is 0.167 e. The molecule has 2 unspecified atom stereocenters. The summed E-state index contributed by atoms with van der Waals surface area (Å²) in [6.07, 6.45) is 4.53. The average Bonchev–Trinajstić information content (AvgIpc) is 3.64. The van der Waals surface area contributed by atoms with Crippen LogP contribution in [-0.2, 0) is 9.53 Å². The highest BCUT2D eigenvalue weighted by Gasteiger charge is 2.74. The lowest BCUT2D eigenvalue weighted by Gasteiger charge is -2.47. The number of rotatable bonds is 6. The van der Waals surface area contributed by atoms with Crippen molar-refractivity contribution >= 4 is 22.8 Å². The Labute approximate surface area is 203 Å². The SMILES string of the molecule is Nc1ncnc2c1ncn2[C@@H]1O[C@H](C(=O)CCC[N+]23CC[C@H]4CCN5CC[C@@H](CC2)C453)[C@@H](O)[C@H]1O. The van der Waals surface area contributed by atoms with Crippen molar-refractivity contribution in [2.24, 2.45) is 11.8 Å². The Morgan fingerprint density at radius 2 is 1.86 bits per heavy atom. The highest BCUT2D eigenvalue weighted by atomic mass is 16.6. The van der Waals surface area contributed by atoms with Gasteiger partial charge in [0.15, 0.2) is 29.1 Å². The van der Waals surface area contributed by atoms with Crippen LogP contribution in [0.4, 0.5) is 5.82 Å². The number of imidazole rings is 1. The van der Waals surface area contributed by atoms with E-state index in [4.69, 9.17) is 10.5 Å². The van der Waals surface area contributed by atoms with Crippen LogP contribution in [0.25, 0.3) is 11.2 Å². The summed E-state index contributed by atoms with van der Waals surface area (Å²) in [5.41, 5.74) is 6.98. The van der Waals surface area contributed by atoms with Gasteiger partial charge in [-0.1, -0.05) is 0 Å². The molecule has 8 atom stereocenters. The number of ketones is 1. The highest BCUT2D eigenvalue weighted by Crippen LogP contribution is 2.62. The maximum absolute atomic E-state index is 13.2. The molecule has 1 spiro atoms. The molecule has 0 saturated carbocycles.